The van der Waals surface area contributed by atoms with Gasteiger partial charge in [-0.1, -0.05) is 6.92 Å². The molecule has 0 unspecified atom stereocenters. The molecule has 1 aliphatic carbocycles. The number of amides is 1. The first-order chi connectivity index (χ1) is 8.67. The number of rotatable bonds is 5. The van der Waals surface area contributed by atoms with Crippen molar-refractivity contribution in [3.05, 3.63) is 22.3 Å². The average Bonchev–Trinajstić information content (AvgIpc) is 3.19. The first-order valence-electron chi connectivity index (χ1n) is 6.10. The number of hydrogen-bond acceptors (Lipinski definition) is 4. The summed E-state index contributed by atoms with van der Waals surface area (Å²) in [5, 5.41) is 0. The normalized spacial score (nSPS) is 14.4. The third-order valence-electron chi connectivity index (χ3n) is 2.93. The van der Waals surface area contributed by atoms with Gasteiger partial charge in [0, 0.05) is 23.3 Å². The maximum absolute atomic E-state index is 12.5. The molecular weight excluding hydrogens is 296 g/mol. The maximum Gasteiger partial charge on any atom is 0.257 e. The number of nitrogens with zero attached hydrogens (tertiary/aromatic N) is 2. The molecule has 1 aromatic rings. The minimum atomic E-state index is 0.00102. The van der Waals surface area contributed by atoms with E-state index in [4.69, 9.17) is 5.84 Å². The highest BCUT2D eigenvalue weighted by molar-refractivity contribution is 9.10. The monoisotopic (exact) mass is 312 g/mol. The molecule has 1 fully saturated rings. The Labute approximate surface area is 115 Å². The van der Waals surface area contributed by atoms with Crippen LogP contribution < -0.4 is 11.3 Å². The van der Waals surface area contributed by atoms with E-state index in [-0.39, 0.29) is 5.91 Å². The van der Waals surface area contributed by atoms with Crippen LogP contribution in [0.1, 0.15) is 36.5 Å². The summed E-state index contributed by atoms with van der Waals surface area (Å²) < 4.78 is 0.775. The number of nitrogen functional groups attached to an aromatic ring is 1. The fourth-order valence-corrected chi connectivity index (χ4v) is 2.28. The summed E-state index contributed by atoms with van der Waals surface area (Å²) in [7, 11) is 0. The minimum Gasteiger partial charge on any atom is -0.336 e. The van der Waals surface area contributed by atoms with Crippen molar-refractivity contribution in [2.45, 2.75) is 32.2 Å². The molecule has 1 saturated carbocycles. The van der Waals surface area contributed by atoms with Crippen LogP contribution in [-0.4, -0.2) is 28.4 Å². The summed E-state index contributed by atoms with van der Waals surface area (Å²) in [5.74, 6) is 5.83. The van der Waals surface area contributed by atoms with Crippen LogP contribution in [0.3, 0.4) is 0 Å². The van der Waals surface area contributed by atoms with Gasteiger partial charge in [-0.05, 0) is 41.3 Å². The molecule has 0 atom stereocenters. The molecule has 3 N–H and O–H groups in total. The van der Waals surface area contributed by atoms with Crippen molar-refractivity contribution in [1.82, 2.24) is 9.88 Å². The van der Waals surface area contributed by atoms with Gasteiger partial charge in [-0.2, -0.15) is 0 Å². The molecule has 0 aromatic carbocycles. The SMILES string of the molecule is CCCN(C(=O)c1cc(Br)cnc1NN)C1CC1. The molecule has 0 spiro atoms. The number of anilines is 1. The Hall–Kier alpha value is -1.14. The van der Waals surface area contributed by atoms with E-state index in [9.17, 15) is 4.79 Å². The number of carbonyl (C=O) groups is 1. The highest BCUT2D eigenvalue weighted by Gasteiger charge is 2.33. The highest BCUT2D eigenvalue weighted by atomic mass is 79.9. The van der Waals surface area contributed by atoms with Gasteiger partial charge in [0.15, 0.2) is 5.82 Å². The Balaban J connectivity index is 2.28. The van der Waals surface area contributed by atoms with Gasteiger partial charge in [-0.15, -0.1) is 0 Å². The summed E-state index contributed by atoms with van der Waals surface area (Å²) in [6.45, 7) is 2.85. The van der Waals surface area contributed by atoms with E-state index in [1.807, 2.05) is 4.90 Å². The third kappa shape index (κ3) is 2.81. The smallest absolute Gasteiger partial charge is 0.257 e. The minimum absolute atomic E-state index is 0.00102. The summed E-state index contributed by atoms with van der Waals surface area (Å²) in [6.07, 6.45) is 4.76. The second-order valence-corrected chi connectivity index (χ2v) is 5.34. The lowest BCUT2D eigenvalue weighted by atomic mass is 10.2. The molecule has 6 heteroatoms. The molecule has 0 bridgehead atoms. The van der Waals surface area contributed by atoms with E-state index in [1.165, 1.54) is 0 Å². The van der Waals surface area contributed by atoms with Gasteiger partial charge in [0.05, 0.1) is 5.56 Å². The van der Waals surface area contributed by atoms with Crippen LogP contribution in [-0.2, 0) is 0 Å². The molecule has 0 aliphatic heterocycles. The van der Waals surface area contributed by atoms with Gasteiger partial charge in [0.25, 0.3) is 5.91 Å². The fraction of sp³-hybridized carbons (Fsp3) is 0.500. The number of nitrogens with one attached hydrogen (secondary N) is 1. The van der Waals surface area contributed by atoms with E-state index < -0.39 is 0 Å². The highest BCUT2D eigenvalue weighted by Crippen LogP contribution is 2.30. The second kappa shape index (κ2) is 5.67. The Morgan fingerprint density at radius 1 is 1.67 bits per heavy atom. The van der Waals surface area contributed by atoms with Crippen LogP contribution in [0.4, 0.5) is 5.82 Å². The number of hydrazine groups is 1. The average molecular weight is 313 g/mol. The predicted octanol–water partition coefficient (Wildman–Crippen LogP) is 2.14. The molecule has 1 aromatic heterocycles. The summed E-state index contributed by atoms with van der Waals surface area (Å²) >= 11 is 3.33. The second-order valence-electron chi connectivity index (χ2n) is 4.42. The first-order valence-corrected chi connectivity index (χ1v) is 6.89. The molecule has 1 amide bonds. The largest absolute Gasteiger partial charge is 0.336 e. The Kier molecular flexibility index (Phi) is 4.19. The van der Waals surface area contributed by atoms with Crippen LogP contribution in [0.25, 0.3) is 0 Å². The number of pyridine rings is 1. The van der Waals surface area contributed by atoms with E-state index in [2.05, 4.69) is 33.3 Å². The van der Waals surface area contributed by atoms with Crippen molar-refractivity contribution >= 4 is 27.7 Å². The van der Waals surface area contributed by atoms with Gasteiger partial charge < -0.3 is 10.3 Å². The molecule has 0 saturated heterocycles. The third-order valence-corrected chi connectivity index (χ3v) is 3.37. The van der Waals surface area contributed by atoms with Gasteiger partial charge in [0.1, 0.15) is 0 Å². The predicted molar refractivity (Wildman–Crippen MR) is 74.1 cm³/mol. The van der Waals surface area contributed by atoms with E-state index in [1.54, 1.807) is 12.3 Å². The molecule has 5 nitrogen and oxygen atoms in total. The zero-order valence-corrected chi connectivity index (χ0v) is 11.9. The zero-order valence-electron chi connectivity index (χ0n) is 10.3. The topological polar surface area (TPSA) is 71.2 Å². The lowest BCUT2D eigenvalue weighted by Gasteiger charge is -2.22. The number of carbonyl (C=O) groups excluding carboxylic acids is 1. The van der Waals surface area contributed by atoms with Crippen LogP contribution in [0.15, 0.2) is 16.7 Å². The Morgan fingerprint density at radius 2 is 2.39 bits per heavy atom. The number of hydrogen-bond donors (Lipinski definition) is 2. The summed E-state index contributed by atoms with van der Waals surface area (Å²) in [5.41, 5.74) is 3.00. The molecule has 0 radical (unpaired) electrons. The standard InChI is InChI=1S/C12H17BrN4O/c1-2-5-17(9-3-4-9)12(18)10-6-8(13)7-15-11(10)16-14/h6-7,9H,2-5,14H2,1H3,(H,15,16). The molecule has 18 heavy (non-hydrogen) atoms. The molecule has 2 rings (SSSR count). The van der Waals surface area contributed by atoms with Crippen molar-refractivity contribution in [3.8, 4) is 0 Å². The van der Waals surface area contributed by atoms with E-state index >= 15 is 0 Å². The number of aromatic nitrogens is 1. The maximum atomic E-state index is 12.5. The van der Waals surface area contributed by atoms with Crippen LogP contribution >= 0.6 is 15.9 Å². The van der Waals surface area contributed by atoms with Crippen LogP contribution in [0, 0.1) is 0 Å². The van der Waals surface area contributed by atoms with Crippen molar-refractivity contribution in [1.29, 1.82) is 0 Å². The molecular formula is C12H17BrN4O. The molecule has 98 valence electrons. The number of halogens is 1. The van der Waals surface area contributed by atoms with Crippen LogP contribution in [0.2, 0.25) is 0 Å². The zero-order chi connectivity index (χ0) is 13.1. The van der Waals surface area contributed by atoms with E-state index in [0.29, 0.717) is 17.4 Å². The van der Waals surface area contributed by atoms with E-state index in [0.717, 1.165) is 30.3 Å². The quantitative estimate of drug-likeness (QED) is 0.645. The van der Waals surface area contributed by atoms with Gasteiger partial charge in [0.2, 0.25) is 0 Å². The van der Waals surface area contributed by atoms with Gasteiger partial charge in [-0.25, -0.2) is 10.8 Å². The summed E-state index contributed by atoms with van der Waals surface area (Å²) in [4.78, 5) is 18.5. The lowest BCUT2D eigenvalue weighted by Crippen LogP contribution is -2.34. The van der Waals surface area contributed by atoms with Crippen molar-refractivity contribution in [3.63, 3.8) is 0 Å². The lowest BCUT2D eigenvalue weighted by molar-refractivity contribution is 0.0743. The number of nitrogens with two attached hydrogens (primary N) is 1. The van der Waals surface area contributed by atoms with Gasteiger partial charge in [-0.3, -0.25) is 4.79 Å². The van der Waals surface area contributed by atoms with Crippen molar-refractivity contribution < 1.29 is 4.79 Å². The molecule has 1 aliphatic rings. The van der Waals surface area contributed by atoms with Crippen molar-refractivity contribution in [2.24, 2.45) is 5.84 Å². The van der Waals surface area contributed by atoms with Gasteiger partial charge >= 0.3 is 0 Å². The Morgan fingerprint density at radius 3 is 2.94 bits per heavy atom. The van der Waals surface area contributed by atoms with Crippen molar-refractivity contribution in [2.75, 3.05) is 12.0 Å². The first kappa shape index (κ1) is 13.3. The van der Waals surface area contributed by atoms with Crippen LogP contribution in [0.5, 0.6) is 0 Å². The molecule has 1 heterocycles. The Bertz CT molecular complexity index is 448. The summed E-state index contributed by atoms with van der Waals surface area (Å²) in [6, 6.07) is 2.15. The fourth-order valence-electron chi connectivity index (χ4n) is 1.95.